The summed E-state index contributed by atoms with van der Waals surface area (Å²) < 4.78 is 12.8. The Morgan fingerprint density at radius 2 is 2.17 bits per heavy atom. The van der Waals surface area contributed by atoms with Crippen LogP contribution in [-0.2, 0) is 18.3 Å². The van der Waals surface area contributed by atoms with E-state index in [0.717, 1.165) is 16.8 Å². The van der Waals surface area contributed by atoms with Gasteiger partial charge in [0.25, 0.3) is 0 Å². The van der Waals surface area contributed by atoms with Crippen molar-refractivity contribution >= 4 is 17.5 Å². The largest absolute Gasteiger partial charge is 0.486 e. The lowest BCUT2D eigenvalue weighted by Gasteiger charge is -2.20. The van der Waals surface area contributed by atoms with Gasteiger partial charge in [-0.05, 0) is 31.5 Å². The molecular formula is C17H20ClN3O3. The molecule has 0 aliphatic carbocycles. The highest BCUT2D eigenvalue weighted by molar-refractivity contribution is 6.32. The zero-order valence-electron chi connectivity index (χ0n) is 13.9. The van der Waals surface area contributed by atoms with E-state index in [9.17, 15) is 4.79 Å². The molecule has 7 heteroatoms. The molecule has 0 radical (unpaired) electrons. The Hall–Kier alpha value is -2.21. The summed E-state index contributed by atoms with van der Waals surface area (Å²) in [4.78, 5) is 12.3. The van der Waals surface area contributed by atoms with Gasteiger partial charge < -0.3 is 14.8 Å². The first-order valence-corrected chi connectivity index (χ1v) is 8.19. The van der Waals surface area contributed by atoms with Crippen molar-refractivity contribution in [2.75, 3.05) is 13.2 Å². The van der Waals surface area contributed by atoms with E-state index >= 15 is 0 Å². The summed E-state index contributed by atoms with van der Waals surface area (Å²) in [6, 6.07) is 3.44. The molecule has 0 spiro atoms. The standard InChI is InChI=1S/C17H20ClN3O3/c1-10(13-9-19-21(3)11(13)2)20-16(22)8-12-6-14(18)17-15(7-12)23-4-5-24-17/h6-7,9-10H,4-5,8H2,1-3H3,(H,20,22)/t10-/m1/s1. The molecule has 1 N–H and O–H groups in total. The predicted octanol–water partition coefficient (Wildman–Crippen LogP) is 2.57. The van der Waals surface area contributed by atoms with Gasteiger partial charge in [0, 0.05) is 18.3 Å². The molecule has 1 aliphatic rings. The number of halogens is 1. The first-order valence-electron chi connectivity index (χ1n) is 7.81. The van der Waals surface area contributed by atoms with Gasteiger partial charge in [0.1, 0.15) is 13.2 Å². The molecular weight excluding hydrogens is 330 g/mol. The number of nitrogens with one attached hydrogen (secondary N) is 1. The van der Waals surface area contributed by atoms with Crippen LogP contribution < -0.4 is 14.8 Å². The van der Waals surface area contributed by atoms with E-state index in [1.54, 1.807) is 23.0 Å². The van der Waals surface area contributed by atoms with Gasteiger partial charge in [-0.3, -0.25) is 9.48 Å². The van der Waals surface area contributed by atoms with Crippen LogP contribution in [0.15, 0.2) is 18.3 Å². The number of ether oxygens (including phenoxy) is 2. The number of aryl methyl sites for hydroxylation is 1. The Morgan fingerprint density at radius 1 is 1.42 bits per heavy atom. The molecule has 1 aliphatic heterocycles. The van der Waals surface area contributed by atoms with E-state index in [0.29, 0.717) is 29.7 Å². The smallest absolute Gasteiger partial charge is 0.224 e. The molecule has 0 fully saturated rings. The maximum atomic E-state index is 12.3. The maximum Gasteiger partial charge on any atom is 0.224 e. The molecule has 2 heterocycles. The molecule has 0 unspecified atom stereocenters. The van der Waals surface area contributed by atoms with Crippen LogP contribution in [0.25, 0.3) is 0 Å². The Kier molecular flexibility index (Phi) is 4.66. The topological polar surface area (TPSA) is 65.4 Å². The zero-order valence-corrected chi connectivity index (χ0v) is 14.7. The fourth-order valence-corrected chi connectivity index (χ4v) is 3.05. The normalized spacial score (nSPS) is 14.3. The number of carbonyl (C=O) groups is 1. The second-order valence-electron chi connectivity index (χ2n) is 5.88. The number of hydrogen-bond acceptors (Lipinski definition) is 4. The van der Waals surface area contributed by atoms with Gasteiger partial charge in [0.2, 0.25) is 5.91 Å². The van der Waals surface area contributed by atoms with Crippen molar-refractivity contribution in [1.82, 2.24) is 15.1 Å². The van der Waals surface area contributed by atoms with Gasteiger partial charge in [0.05, 0.1) is 23.7 Å². The van der Waals surface area contributed by atoms with Crippen molar-refractivity contribution in [2.24, 2.45) is 7.05 Å². The molecule has 6 nitrogen and oxygen atoms in total. The molecule has 1 atom stereocenters. The number of nitrogens with zero attached hydrogens (tertiary/aromatic N) is 2. The van der Waals surface area contributed by atoms with Crippen LogP contribution in [0.4, 0.5) is 0 Å². The first kappa shape index (κ1) is 16.6. The Bertz CT molecular complexity index is 773. The van der Waals surface area contributed by atoms with Crippen LogP contribution in [-0.4, -0.2) is 28.9 Å². The number of carbonyl (C=O) groups excluding carboxylic acids is 1. The Balaban J connectivity index is 1.69. The minimum atomic E-state index is -0.112. The number of aromatic nitrogens is 2. The molecule has 3 rings (SSSR count). The summed E-state index contributed by atoms with van der Waals surface area (Å²) in [5, 5.41) is 7.66. The highest BCUT2D eigenvalue weighted by Crippen LogP contribution is 2.38. The summed E-state index contributed by atoms with van der Waals surface area (Å²) >= 11 is 6.21. The van der Waals surface area contributed by atoms with E-state index in [2.05, 4.69) is 10.4 Å². The summed E-state index contributed by atoms with van der Waals surface area (Å²) in [7, 11) is 1.88. The summed E-state index contributed by atoms with van der Waals surface area (Å²) in [5.74, 6) is 1.05. The van der Waals surface area contributed by atoms with Gasteiger partial charge in [-0.15, -0.1) is 0 Å². The predicted molar refractivity (Wildman–Crippen MR) is 90.6 cm³/mol. The Morgan fingerprint density at radius 3 is 2.88 bits per heavy atom. The van der Waals surface area contributed by atoms with Crippen molar-refractivity contribution in [3.63, 3.8) is 0 Å². The average Bonchev–Trinajstić information content (AvgIpc) is 2.87. The average molecular weight is 350 g/mol. The lowest BCUT2D eigenvalue weighted by atomic mass is 10.1. The number of amides is 1. The molecule has 1 amide bonds. The van der Waals surface area contributed by atoms with Crippen LogP contribution in [0.5, 0.6) is 11.5 Å². The van der Waals surface area contributed by atoms with Gasteiger partial charge in [0.15, 0.2) is 11.5 Å². The van der Waals surface area contributed by atoms with Crippen molar-refractivity contribution in [3.8, 4) is 11.5 Å². The van der Waals surface area contributed by atoms with Crippen molar-refractivity contribution < 1.29 is 14.3 Å². The summed E-state index contributed by atoms with van der Waals surface area (Å²) in [6.45, 7) is 4.88. The van der Waals surface area contributed by atoms with E-state index in [1.165, 1.54) is 0 Å². The molecule has 1 aromatic carbocycles. The SMILES string of the molecule is Cc1c([C@@H](C)NC(=O)Cc2cc(Cl)c3c(c2)OCCO3)cnn1C. The van der Waals surface area contributed by atoms with E-state index < -0.39 is 0 Å². The fraction of sp³-hybridized carbons (Fsp3) is 0.412. The Labute approximate surface area is 145 Å². The van der Waals surface area contributed by atoms with Gasteiger partial charge in [-0.1, -0.05) is 11.6 Å². The van der Waals surface area contributed by atoms with Crippen LogP contribution >= 0.6 is 11.6 Å². The molecule has 1 aromatic heterocycles. The minimum absolute atomic E-state index is 0.0847. The van der Waals surface area contributed by atoms with Crippen LogP contribution in [0.1, 0.15) is 29.8 Å². The highest BCUT2D eigenvalue weighted by Gasteiger charge is 2.19. The number of rotatable bonds is 4. The molecule has 128 valence electrons. The molecule has 2 aromatic rings. The lowest BCUT2D eigenvalue weighted by Crippen LogP contribution is -2.28. The van der Waals surface area contributed by atoms with Crippen LogP contribution in [0.2, 0.25) is 5.02 Å². The number of hydrogen-bond donors (Lipinski definition) is 1. The van der Waals surface area contributed by atoms with Gasteiger partial charge >= 0.3 is 0 Å². The number of fused-ring (bicyclic) bond motifs is 1. The zero-order chi connectivity index (χ0) is 17.3. The highest BCUT2D eigenvalue weighted by atomic mass is 35.5. The van der Waals surface area contributed by atoms with Crippen LogP contribution in [0.3, 0.4) is 0 Å². The summed E-state index contributed by atoms with van der Waals surface area (Å²) in [6.07, 6.45) is 2.00. The fourth-order valence-electron chi connectivity index (χ4n) is 2.76. The maximum absolute atomic E-state index is 12.3. The number of benzene rings is 1. The van der Waals surface area contributed by atoms with Crippen molar-refractivity contribution in [3.05, 3.63) is 40.2 Å². The molecule has 0 saturated carbocycles. The van der Waals surface area contributed by atoms with Gasteiger partial charge in [-0.25, -0.2) is 0 Å². The second kappa shape index (κ2) is 6.73. The van der Waals surface area contributed by atoms with Crippen LogP contribution in [0, 0.1) is 6.92 Å². The molecule has 0 saturated heterocycles. The quantitative estimate of drug-likeness (QED) is 0.921. The van der Waals surface area contributed by atoms with Crippen molar-refractivity contribution in [1.29, 1.82) is 0 Å². The monoisotopic (exact) mass is 349 g/mol. The third kappa shape index (κ3) is 3.33. The molecule has 0 bridgehead atoms. The third-order valence-corrected chi connectivity index (χ3v) is 4.42. The van der Waals surface area contributed by atoms with E-state index in [4.69, 9.17) is 21.1 Å². The summed E-state index contributed by atoms with van der Waals surface area (Å²) in [5.41, 5.74) is 2.83. The minimum Gasteiger partial charge on any atom is -0.486 e. The second-order valence-corrected chi connectivity index (χ2v) is 6.28. The van der Waals surface area contributed by atoms with E-state index in [1.807, 2.05) is 20.9 Å². The third-order valence-electron chi connectivity index (χ3n) is 4.14. The van der Waals surface area contributed by atoms with Crippen molar-refractivity contribution in [2.45, 2.75) is 26.3 Å². The molecule has 24 heavy (non-hydrogen) atoms. The lowest BCUT2D eigenvalue weighted by molar-refractivity contribution is -0.121. The van der Waals surface area contributed by atoms with E-state index in [-0.39, 0.29) is 18.4 Å². The van der Waals surface area contributed by atoms with Gasteiger partial charge in [-0.2, -0.15) is 5.10 Å². The first-order chi connectivity index (χ1) is 11.5.